The average molecular weight is 386 g/mol. The smallest absolute Gasteiger partial charge is 0.306 e. The molecule has 7 nitrogen and oxygen atoms in total. The lowest BCUT2D eigenvalue weighted by Crippen LogP contribution is -2.21. The zero-order valence-corrected chi connectivity index (χ0v) is 15.0. The van der Waals surface area contributed by atoms with E-state index < -0.39 is 18.5 Å². The summed E-state index contributed by atoms with van der Waals surface area (Å²) >= 11 is 5.77. The van der Waals surface area contributed by atoms with Crippen LogP contribution in [0.3, 0.4) is 0 Å². The van der Waals surface area contributed by atoms with E-state index in [0.717, 1.165) is 0 Å². The molecule has 1 heterocycles. The van der Waals surface area contributed by atoms with Gasteiger partial charge in [0.1, 0.15) is 5.82 Å². The second kappa shape index (κ2) is 8.46. The summed E-state index contributed by atoms with van der Waals surface area (Å²) in [7, 11) is 0. The summed E-state index contributed by atoms with van der Waals surface area (Å²) in [5.41, 5.74) is 0.858. The number of aromatic nitrogens is 2. The molecule has 1 aromatic heterocycles. The van der Waals surface area contributed by atoms with Gasteiger partial charge in [-0.2, -0.15) is 0 Å². The van der Waals surface area contributed by atoms with Crippen molar-refractivity contribution in [2.45, 2.75) is 12.8 Å². The number of fused-ring (bicyclic) bond motifs is 1. The highest BCUT2D eigenvalue weighted by molar-refractivity contribution is 6.30. The SMILES string of the molecule is O=C(COC(=O)CCc1nc2ccccc2c(=O)[nH]1)Nc1ccc(Cl)cc1. The van der Waals surface area contributed by atoms with Crippen LogP contribution in [0.15, 0.2) is 53.3 Å². The second-order valence-corrected chi connectivity index (χ2v) is 6.18. The van der Waals surface area contributed by atoms with Gasteiger partial charge in [0.25, 0.3) is 11.5 Å². The molecule has 0 radical (unpaired) electrons. The minimum Gasteiger partial charge on any atom is -0.456 e. The Labute approximate surface area is 159 Å². The van der Waals surface area contributed by atoms with Gasteiger partial charge < -0.3 is 15.0 Å². The number of para-hydroxylation sites is 1. The van der Waals surface area contributed by atoms with Crippen molar-refractivity contribution < 1.29 is 14.3 Å². The Morgan fingerprint density at radius 3 is 2.63 bits per heavy atom. The minimum atomic E-state index is -0.558. The Morgan fingerprint density at radius 2 is 1.85 bits per heavy atom. The second-order valence-electron chi connectivity index (χ2n) is 5.75. The number of anilines is 1. The van der Waals surface area contributed by atoms with Gasteiger partial charge in [-0.15, -0.1) is 0 Å². The van der Waals surface area contributed by atoms with E-state index in [2.05, 4.69) is 15.3 Å². The van der Waals surface area contributed by atoms with Crippen LogP contribution in [0.2, 0.25) is 5.02 Å². The monoisotopic (exact) mass is 385 g/mol. The van der Waals surface area contributed by atoms with Crippen molar-refractivity contribution >= 4 is 40.1 Å². The van der Waals surface area contributed by atoms with Crippen LogP contribution in [0, 0.1) is 0 Å². The van der Waals surface area contributed by atoms with Gasteiger partial charge in [0.05, 0.1) is 17.3 Å². The van der Waals surface area contributed by atoms with Crippen LogP contribution in [-0.2, 0) is 20.7 Å². The highest BCUT2D eigenvalue weighted by Crippen LogP contribution is 2.13. The number of amides is 1. The number of ether oxygens (including phenoxy) is 1. The molecule has 27 heavy (non-hydrogen) atoms. The molecule has 2 aromatic carbocycles. The number of hydrogen-bond donors (Lipinski definition) is 2. The Morgan fingerprint density at radius 1 is 1.11 bits per heavy atom. The number of H-pyrrole nitrogens is 1. The van der Waals surface area contributed by atoms with Crippen molar-refractivity contribution in [1.82, 2.24) is 9.97 Å². The third kappa shape index (κ3) is 5.15. The number of aryl methyl sites for hydroxylation is 1. The molecule has 3 rings (SSSR count). The van der Waals surface area contributed by atoms with Crippen molar-refractivity contribution in [3.8, 4) is 0 Å². The predicted molar refractivity (Wildman–Crippen MR) is 102 cm³/mol. The lowest BCUT2D eigenvalue weighted by molar-refractivity contribution is -0.147. The van der Waals surface area contributed by atoms with Gasteiger partial charge in [-0.1, -0.05) is 23.7 Å². The molecule has 0 aliphatic carbocycles. The lowest BCUT2D eigenvalue weighted by Gasteiger charge is -2.07. The Hall–Kier alpha value is -3.19. The van der Waals surface area contributed by atoms with Gasteiger partial charge in [-0.3, -0.25) is 14.4 Å². The number of rotatable bonds is 6. The first kappa shape index (κ1) is 18.6. The fourth-order valence-electron chi connectivity index (χ4n) is 2.42. The summed E-state index contributed by atoms with van der Waals surface area (Å²) < 4.78 is 4.94. The Kier molecular flexibility index (Phi) is 5.83. The zero-order chi connectivity index (χ0) is 19.2. The molecule has 0 atom stereocenters. The standard InChI is InChI=1S/C19H16ClN3O4/c20-12-5-7-13(8-6-12)21-17(24)11-27-18(25)10-9-16-22-15-4-2-1-3-14(15)19(26)23-16/h1-8H,9-11H2,(H,21,24)(H,22,23,26). The molecule has 0 aliphatic heterocycles. The first-order chi connectivity index (χ1) is 13.0. The quantitative estimate of drug-likeness (QED) is 0.635. The summed E-state index contributed by atoms with van der Waals surface area (Å²) in [6, 6.07) is 13.5. The summed E-state index contributed by atoms with van der Waals surface area (Å²) in [5.74, 6) is -0.624. The van der Waals surface area contributed by atoms with E-state index in [9.17, 15) is 14.4 Å². The Bertz CT molecular complexity index is 1030. The first-order valence-electron chi connectivity index (χ1n) is 8.20. The molecule has 138 valence electrons. The summed E-state index contributed by atoms with van der Waals surface area (Å²) in [4.78, 5) is 42.5. The molecule has 2 N–H and O–H groups in total. The lowest BCUT2D eigenvalue weighted by atomic mass is 10.2. The van der Waals surface area contributed by atoms with Gasteiger partial charge in [-0.25, -0.2) is 4.98 Å². The van der Waals surface area contributed by atoms with Crippen LogP contribution < -0.4 is 10.9 Å². The van der Waals surface area contributed by atoms with E-state index in [1.807, 2.05) is 0 Å². The molecule has 1 amide bonds. The number of aromatic amines is 1. The number of halogens is 1. The van der Waals surface area contributed by atoms with Gasteiger partial charge >= 0.3 is 5.97 Å². The number of carbonyl (C=O) groups excluding carboxylic acids is 2. The van der Waals surface area contributed by atoms with Gasteiger partial charge in [0.15, 0.2) is 6.61 Å². The fraction of sp³-hybridized carbons (Fsp3) is 0.158. The van der Waals surface area contributed by atoms with Crippen molar-refractivity contribution in [3.63, 3.8) is 0 Å². The molecular weight excluding hydrogens is 370 g/mol. The Balaban J connectivity index is 1.49. The molecule has 0 saturated heterocycles. The van der Waals surface area contributed by atoms with Crippen LogP contribution in [0.5, 0.6) is 0 Å². The van der Waals surface area contributed by atoms with E-state index in [1.165, 1.54) is 0 Å². The molecule has 0 spiro atoms. The topological polar surface area (TPSA) is 101 Å². The largest absolute Gasteiger partial charge is 0.456 e. The van der Waals surface area contributed by atoms with Crippen molar-refractivity contribution in [2.24, 2.45) is 0 Å². The normalized spacial score (nSPS) is 10.6. The summed E-state index contributed by atoms with van der Waals surface area (Å²) in [5, 5.41) is 3.64. The van der Waals surface area contributed by atoms with Gasteiger partial charge in [-0.05, 0) is 36.4 Å². The number of esters is 1. The third-order valence-corrected chi connectivity index (χ3v) is 3.97. The van der Waals surface area contributed by atoms with E-state index in [1.54, 1.807) is 48.5 Å². The van der Waals surface area contributed by atoms with Crippen LogP contribution in [0.25, 0.3) is 10.9 Å². The molecule has 0 unspecified atom stereocenters. The number of nitrogens with zero attached hydrogens (tertiary/aromatic N) is 1. The third-order valence-electron chi connectivity index (χ3n) is 3.72. The van der Waals surface area contributed by atoms with Crippen LogP contribution in [-0.4, -0.2) is 28.5 Å². The van der Waals surface area contributed by atoms with E-state index >= 15 is 0 Å². The van der Waals surface area contributed by atoms with E-state index in [0.29, 0.717) is 27.4 Å². The maximum Gasteiger partial charge on any atom is 0.306 e. The van der Waals surface area contributed by atoms with Crippen LogP contribution in [0.1, 0.15) is 12.2 Å². The number of carbonyl (C=O) groups is 2. The minimum absolute atomic E-state index is 0.00446. The average Bonchev–Trinajstić information content (AvgIpc) is 2.66. The molecule has 0 aliphatic rings. The molecule has 3 aromatic rings. The predicted octanol–water partition coefficient (Wildman–Crippen LogP) is 2.69. The van der Waals surface area contributed by atoms with Crippen LogP contribution >= 0.6 is 11.6 Å². The van der Waals surface area contributed by atoms with E-state index in [-0.39, 0.29) is 18.4 Å². The van der Waals surface area contributed by atoms with Crippen molar-refractivity contribution in [1.29, 1.82) is 0 Å². The van der Waals surface area contributed by atoms with Gasteiger partial charge in [0, 0.05) is 17.1 Å². The maximum atomic E-state index is 12.0. The fourth-order valence-corrected chi connectivity index (χ4v) is 2.55. The molecule has 0 bridgehead atoms. The van der Waals surface area contributed by atoms with Crippen molar-refractivity contribution in [2.75, 3.05) is 11.9 Å². The first-order valence-corrected chi connectivity index (χ1v) is 8.58. The zero-order valence-electron chi connectivity index (χ0n) is 14.2. The number of hydrogen-bond acceptors (Lipinski definition) is 5. The summed E-state index contributed by atoms with van der Waals surface area (Å²) in [6.07, 6.45) is 0.202. The number of nitrogens with one attached hydrogen (secondary N) is 2. The molecular formula is C19H16ClN3O4. The van der Waals surface area contributed by atoms with E-state index in [4.69, 9.17) is 16.3 Å². The maximum absolute atomic E-state index is 12.0. The summed E-state index contributed by atoms with van der Waals surface area (Å²) in [6.45, 7) is -0.400. The molecule has 8 heteroatoms. The highest BCUT2D eigenvalue weighted by Gasteiger charge is 2.10. The molecule has 0 saturated carbocycles. The van der Waals surface area contributed by atoms with Crippen LogP contribution in [0.4, 0.5) is 5.69 Å². The van der Waals surface area contributed by atoms with Gasteiger partial charge in [0.2, 0.25) is 0 Å². The number of benzene rings is 2. The molecule has 0 fully saturated rings. The van der Waals surface area contributed by atoms with Crippen molar-refractivity contribution in [3.05, 3.63) is 69.7 Å². The highest BCUT2D eigenvalue weighted by atomic mass is 35.5.